The van der Waals surface area contributed by atoms with E-state index in [0.717, 1.165) is 31.6 Å². The van der Waals surface area contributed by atoms with Crippen molar-refractivity contribution in [3.8, 4) is 0 Å². The molecule has 4 heteroatoms. The van der Waals surface area contributed by atoms with Gasteiger partial charge in [0.2, 0.25) is 0 Å². The SMILES string of the molecule is CCn1cc(CNCCc2ccc(F)cc2C)cn1. The number of nitrogens with zero attached hydrogens (tertiary/aromatic N) is 2. The van der Waals surface area contributed by atoms with Gasteiger partial charge in [-0.3, -0.25) is 4.68 Å². The fourth-order valence-corrected chi connectivity index (χ4v) is 2.07. The highest BCUT2D eigenvalue weighted by atomic mass is 19.1. The molecule has 102 valence electrons. The van der Waals surface area contributed by atoms with Crippen molar-refractivity contribution in [2.24, 2.45) is 0 Å². The number of hydrogen-bond donors (Lipinski definition) is 1. The Kier molecular flexibility index (Phi) is 4.68. The van der Waals surface area contributed by atoms with E-state index >= 15 is 0 Å². The number of nitrogens with one attached hydrogen (secondary N) is 1. The van der Waals surface area contributed by atoms with Gasteiger partial charge in [-0.2, -0.15) is 5.10 Å². The first kappa shape index (κ1) is 13.7. The second kappa shape index (κ2) is 6.48. The molecule has 0 aliphatic carbocycles. The van der Waals surface area contributed by atoms with Crippen LogP contribution in [0.5, 0.6) is 0 Å². The zero-order valence-corrected chi connectivity index (χ0v) is 11.5. The third kappa shape index (κ3) is 3.89. The summed E-state index contributed by atoms with van der Waals surface area (Å²) in [6, 6.07) is 4.97. The van der Waals surface area contributed by atoms with Crippen molar-refractivity contribution >= 4 is 0 Å². The van der Waals surface area contributed by atoms with E-state index in [0.29, 0.717) is 0 Å². The highest BCUT2D eigenvalue weighted by Crippen LogP contribution is 2.10. The molecule has 0 radical (unpaired) electrons. The second-order valence-electron chi connectivity index (χ2n) is 4.70. The molecule has 0 aliphatic heterocycles. The molecule has 3 nitrogen and oxygen atoms in total. The van der Waals surface area contributed by atoms with E-state index in [4.69, 9.17) is 0 Å². The Morgan fingerprint density at radius 2 is 2.21 bits per heavy atom. The molecule has 0 unspecified atom stereocenters. The molecule has 0 aliphatic rings. The maximum atomic E-state index is 13.0. The molecular weight excluding hydrogens is 241 g/mol. The minimum absolute atomic E-state index is 0.166. The first-order valence-corrected chi connectivity index (χ1v) is 6.66. The average molecular weight is 261 g/mol. The van der Waals surface area contributed by atoms with Gasteiger partial charge in [-0.1, -0.05) is 6.07 Å². The molecule has 1 heterocycles. The van der Waals surface area contributed by atoms with Gasteiger partial charge in [-0.15, -0.1) is 0 Å². The van der Waals surface area contributed by atoms with Gasteiger partial charge in [0.25, 0.3) is 0 Å². The molecule has 2 rings (SSSR count). The Labute approximate surface area is 113 Å². The Bertz CT molecular complexity index is 534. The van der Waals surface area contributed by atoms with Crippen molar-refractivity contribution in [2.75, 3.05) is 6.54 Å². The predicted molar refractivity (Wildman–Crippen MR) is 74.4 cm³/mol. The number of aryl methyl sites for hydroxylation is 2. The number of rotatable bonds is 6. The fourth-order valence-electron chi connectivity index (χ4n) is 2.07. The minimum atomic E-state index is -0.166. The molecule has 19 heavy (non-hydrogen) atoms. The topological polar surface area (TPSA) is 29.9 Å². The van der Waals surface area contributed by atoms with Gasteiger partial charge >= 0.3 is 0 Å². The zero-order valence-electron chi connectivity index (χ0n) is 11.5. The van der Waals surface area contributed by atoms with Crippen LogP contribution in [0.25, 0.3) is 0 Å². The average Bonchev–Trinajstić information content (AvgIpc) is 2.84. The number of benzene rings is 1. The summed E-state index contributed by atoms with van der Waals surface area (Å²) in [4.78, 5) is 0. The Morgan fingerprint density at radius 3 is 2.89 bits per heavy atom. The lowest BCUT2D eigenvalue weighted by Crippen LogP contribution is -2.16. The molecule has 1 N–H and O–H groups in total. The van der Waals surface area contributed by atoms with E-state index in [9.17, 15) is 4.39 Å². The lowest BCUT2D eigenvalue weighted by Gasteiger charge is -2.06. The summed E-state index contributed by atoms with van der Waals surface area (Å²) in [6.07, 6.45) is 4.85. The quantitative estimate of drug-likeness (QED) is 0.810. The first-order valence-electron chi connectivity index (χ1n) is 6.66. The number of aromatic nitrogens is 2. The van der Waals surface area contributed by atoms with E-state index in [2.05, 4.69) is 23.5 Å². The molecule has 0 saturated carbocycles. The first-order chi connectivity index (χ1) is 9.19. The Balaban J connectivity index is 1.77. The van der Waals surface area contributed by atoms with E-state index in [1.807, 2.05) is 23.9 Å². The minimum Gasteiger partial charge on any atom is -0.312 e. The summed E-state index contributed by atoms with van der Waals surface area (Å²) < 4.78 is 14.9. The lowest BCUT2D eigenvalue weighted by molar-refractivity contribution is 0.624. The smallest absolute Gasteiger partial charge is 0.123 e. The molecule has 0 bridgehead atoms. The highest BCUT2D eigenvalue weighted by Gasteiger charge is 2.01. The van der Waals surface area contributed by atoms with E-state index < -0.39 is 0 Å². The van der Waals surface area contributed by atoms with Crippen LogP contribution in [0.2, 0.25) is 0 Å². The van der Waals surface area contributed by atoms with Crippen LogP contribution in [0.15, 0.2) is 30.6 Å². The van der Waals surface area contributed by atoms with Crippen LogP contribution in [-0.4, -0.2) is 16.3 Å². The summed E-state index contributed by atoms with van der Waals surface area (Å²) in [7, 11) is 0. The number of hydrogen-bond acceptors (Lipinski definition) is 2. The van der Waals surface area contributed by atoms with Crippen molar-refractivity contribution in [3.63, 3.8) is 0 Å². The Morgan fingerprint density at radius 1 is 1.37 bits per heavy atom. The van der Waals surface area contributed by atoms with Gasteiger partial charge in [0.05, 0.1) is 6.20 Å². The van der Waals surface area contributed by atoms with Crippen molar-refractivity contribution in [1.29, 1.82) is 0 Å². The van der Waals surface area contributed by atoms with Crippen LogP contribution in [0.1, 0.15) is 23.6 Å². The second-order valence-corrected chi connectivity index (χ2v) is 4.70. The standard InChI is InChI=1S/C15H20FN3/c1-3-19-11-13(10-18-19)9-17-7-6-14-4-5-15(16)8-12(14)2/h4-5,8,10-11,17H,3,6-7,9H2,1-2H3. The molecule has 0 saturated heterocycles. The van der Waals surface area contributed by atoms with Crippen molar-refractivity contribution in [1.82, 2.24) is 15.1 Å². The molecule has 2 aromatic rings. The molecule has 0 spiro atoms. The van der Waals surface area contributed by atoms with Gasteiger partial charge in [0, 0.05) is 24.8 Å². The van der Waals surface area contributed by atoms with E-state index in [1.165, 1.54) is 17.2 Å². The molecule has 0 atom stereocenters. The van der Waals surface area contributed by atoms with Gasteiger partial charge < -0.3 is 5.32 Å². The summed E-state index contributed by atoms with van der Waals surface area (Å²) in [5.41, 5.74) is 3.40. The Hall–Kier alpha value is -1.68. The molecule has 1 aromatic heterocycles. The molecule has 0 amide bonds. The number of halogens is 1. The predicted octanol–water partition coefficient (Wildman–Crippen LogP) is 2.68. The monoisotopic (exact) mass is 261 g/mol. The summed E-state index contributed by atoms with van der Waals surface area (Å²) >= 11 is 0. The van der Waals surface area contributed by atoms with Crippen LogP contribution in [0.4, 0.5) is 4.39 Å². The van der Waals surface area contributed by atoms with Crippen LogP contribution >= 0.6 is 0 Å². The van der Waals surface area contributed by atoms with Gasteiger partial charge in [-0.25, -0.2) is 4.39 Å². The maximum absolute atomic E-state index is 13.0. The summed E-state index contributed by atoms with van der Waals surface area (Å²) in [5.74, 6) is -0.166. The van der Waals surface area contributed by atoms with Crippen LogP contribution in [0, 0.1) is 12.7 Å². The molecular formula is C15H20FN3. The largest absolute Gasteiger partial charge is 0.312 e. The lowest BCUT2D eigenvalue weighted by atomic mass is 10.1. The highest BCUT2D eigenvalue weighted by molar-refractivity contribution is 5.26. The molecule has 1 aromatic carbocycles. The normalized spacial score (nSPS) is 10.9. The van der Waals surface area contributed by atoms with Crippen molar-refractivity contribution in [3.05, 3.63) is 53.1 Å². The van der Waals surface area contributed by atoms with Crippen molar-refractivity contribution in [2.45, 2.75) is 33.4 Å². The van der Waals surface area contributed by atoms with Gasteiger partial charge in [0.15, 0.2) is 0 Å². The third-order valence-electron chi connectivity index (χ3n) is 3.22. The van der Waals surface area contributed by atoms with Gasteiger partial charge in [0.1, 0.15) is 5.82 Å². The molecule has 0 fully saturated rings. The van der Waals surface area contributed by atoms with Crippen molar-refractivity contribution < 1.29 is 4.39 Å². The van der Waals surface area contributed by atoms with Crippen LogP contribution in [0.3, 0.4) is 0 Å². The zero-order chi connectivity index (χ0) is 13.7. The van der Waals surface area contributed by atoms with Gasteiger partial charge in [-0.05, 0) is 50.1 Å². The third-order valence-corrected chi connectivity index (χ3v) is 3.22. The summed E-state index contributed by atoms with van der Waals surface area (Å²) in [5, 5.41) is 7.61. The van der Waals surface area contributed by atoms with E-state index in [1.54, 1.807) is 6.07 Å². The van der Waals surface area contributed by atoms with Crippen LogP contribution in [-0.2, 0) is 19.5 Å². The summed E-state index contributed by atoms with van der Waals surface area (Å²) in [6.45, 7) is 6.62. The van der Waals surface area contributed by atoms with E-state index in [-0.39, 0.29) is 5.82 Å². The fraction of sp³-hybridized carbons (Fsp3) is 0.400. The van der Waals surface area contributed by atoms with Crippen LogP contribution < -0.4 is 5.32 Å². The maximum Gasteiger partial charge on any atom is 0.123 e.